The van der Waals surface area contributed by atoms with Crippen molar-refractivity contribution in [3.63, 3.8) is 0 Å². The van der Waals surface area contributed by atoms with Crippen LogP contribution in [0.15, 0.2) is 17.1 Å². The highest BCUT2D eigenvalue weighted by molar-refractivity contribution is 7.91. The zero-order valence-corrected chi connectivity index (χ0v) is 15.6. The molecule has 0 amide bonds. The minimum Gasteiger partial charge on any atom is -0.356 e. The molecule has 2 fully saturated rings. The Labute approximate surface area is 141 Å². The molecular formula is C17H31N3O2S. The van der Waals surface area contributed by atoms with Gasteiger partial charge in [-0.15, -0.1) is 0 Å². The number of sulfone groups is 1. The Morgan fingerprint density at radius 3 is 2.74 bits per heavy atom. The first kappa shape index (κ1) is 18.3. The van der Waals surface area contributed by atoms with Crippen molar-refractivity contribution in [3.05, 3.63) is 12.2 Å². The molecule has 0 aliphatic carbocycles. The van der Waals surface area contributed by atoms with Gasteiger partial charge in [-0.3, -0.25) is 0 Å². The van der Waals surface area contributed by atoms with E-state index in [-0.39, 0.29) is 5.92 Å². The molecule has 0 aromatic rings. The lowest BCUT2D eigenvalue weighted by Crippen LogP contribution is -2.43. The molecule has 0 radical (unpaired) electrons. The van der Waals surface area contributed by atoms with E-state index in [0.29, 0.717) is 30.0 Å². The van der Waals surface area contributed by atoms with Gasteiger partial charge in [-0.1, -0.05) is 26.0 Å². The van der Waals surface area contributed by atoms with Crippen molar-refractivity contribution in [2.75, 3.05) is 37.7 Å². The van der Waals surface area contributed by atoms with Gasteiger partial charge < -0.3 is 10.2 Å². The lowest BCUT2D eigenvalue weighted by Gasteiger charge is -2.26. The summed E-state index contributed by atoms with van der Waals surface area (Å²) in [6.45, 7) is 13.8. The van der Waals surface area contributed by atoms with Crippen LogP contribution < -0.4 is 5.32 Å². The van der Waals surface area contributed by atoms with E-state index in [9.17, 15) is 8.42 Å². The van der Waals surface area contributed by atoms with Gasteiger partial charge in [-0.2, -0.15) is 0 Å². The maximum absolute atomic E-state index is 11.6. The quantitative estimate of drug-likeness (QED) is 0.472. The molecule has 2 saturated heterocycles. The molecule has 2 heterocycles. The van der Waals surface area contributed by atoms with E-state index >= 15 is 0 Å². The summed E-state index contributed by atoms with van der Waals surface area (Å²) in [5.41, 5.74) is 1.38. The van der Waals surface area contributed by atoms with Gasteiger partial charge in [0.15, 0.2) is 15.8 Å². The summed E-state index contributed by atoms with van der Waals surface area (Å²) in [6, 6.07) is 0. The summed E-state index contributed by atoms with van der Waals surface area (Å²) < 4.78 is 23.2. The van der Waals surface area contributed by atoms with Gasteiger partial charge in [-0.25, -0.2) is 13.4 Å². The first-order chi connectivity index (χ1) is 10.7. The van der Waals surface area contributed by atoms with Crippen LogP contribution in [0.3, 0.4) is 0 Å². The molecule has 2 rings (SSSR count). The Morgan fingerprint density at radius 1 is 1.48 bits per heavy atom. The third-order valence-electron chi connectivity index (χ3n) is 5.09. The van der Waals surface area contributed by atoms with Crippen LogP contribution in [0, 0.1) is 11.3 Å². The smallest absolute Gasteiger partial charge is 0.194 e. The maximum atomic E-state index is 11.6. The molecular weight excluding hydrogens is 310 g/mol. The van der Waals surface area contributed by atoms with Gasteiger partial charge in [0, 0.05) is 19.6 Å². The first-order valence-corrected chi connectivity index (χ1v) is 10.4. The van der Waals surface area contributed by atoms with Gasteiger partial charge in [0.1, 0.15) is 0 Å². The van der Waals surface area contributed by atoms with Crippen molar-refractivity contribution < 1.29 is 8.42 Å². The van der Waals surface area contributed by atoms with Gasteiger partial charge in [-0.05, 0) is 37.5 Å². The number of hydrogen-bond donors (Lipinski definition) is 1. The zero-order chi connectivity index (χ0) is 17.1. The summed E-state index contributed by atoms with van der Waals surface area (Å²) in [6.07, 6.45) is 3.10. The number of likely N-dealkylation sites (tertiary alicyclic amines) is 1. The van der Waals surface area contributed by atoms with Crippen LogP contribution >= 0.6 is 0 Å². The molecule has 132 valence electrons. The van der Waals surface area contributed by atoms with E-state index in [2.05, 4.69) is 35.6 Å². The van der Waals surface area contributed by atoms with Crippen LogP contribution in [-0.2, 0) is 9.84 Å². The second-order valence-electron chi connectivity index (χ2n) is 7.58. The topological polar surface area (TPSA) is 61.8 Å². The highest BCUT2D eigenvalue weighted by atomic mass is 32.2. The van der Waals surface area contributed by atoms with Crippen LogP contribution in [0.1, 0.15) is 40.0 Å². The molecule has 0 aromatic heterocycles. The first-order valence-electron chi connectivity index (χ1n) is 8.61. The van der Waals surface area contributed by atoms with Crippen LogP contribution in [0.5, 0.6) is 0 Å². The fourth-order valence-corrected chi connectivity index (χ4v) is 5.10. The third kappa shape index (κ3) is 5.23. The van der Waals surface area contributed by atoms with E-state index in [0.717, 1.165) is 37.5 Å². The molecule has 1 N–H and O–H groups in total. The largest absolute Gasteiger partial charge is 0.356 e. The molecule has 0 spiro atoms. The van der Waals surface area contributed by atoms with Crippen LogP contribution in [0.4, 0.5) is 0 Å². The van der Waals surface area contributed by atoms with E-state index < -0.39 is 9.84 Å². The summed E-state index contributed by atoms with van der Waals surface area (Å²) in [4.78, 5) is 7.00. The highest BCUT2D eigenvalue weighted by Gasteiger charge is 2.34. The SMILES string of the molecule is C=C(C)CN=C(NCC1CCS(=O)(=O)C1)N1CCC(C)(CC)C1. The number of guanidine groups is 1. The van der Waals surface area contributed by atoms with Gasteiger partial charge in [0.2, 0.25) is 0 Å². The van der Waals surface area contributed by atoms with Crippen LogP contribution in [0.2, 0.25) is 0 Å². The standard InChI is InChI=1S/C17H31N3O2S/c1-5-17(4)7-8-20(13-17)16(18-10-14(2)3)19-11-15-6-9-23(21,22)12-15/h15H,2,5-13H2,1,3-4H3,(H,18,19). The third-order valence-corrected chi connectivity index (χ3v) is 6.92. The summed E-state index contributed by atoms with van der Waals surface area (Å²) in [7, 11) is -2.82. The van der Waals surface area contributed by atoms with Gasteiger partial charge in [0.25, 0.3) is 0 Å². The maximum Gasteiger partial charge on any atom is 0.194 e. The molecule has 0 aromatic carbocycles. The number of hydrogen-bond acceptors (Lipinski definition) is 3. The average Bonchev–Trinajstić information content (AvgIpc) is 3.02. The molecule has 0 saturated carbocycles. The van der Waals surface area contributed by atoms with Crippen molar-refractivity contribution in [3.8, 4) is 0 Å². The number of aliphatic imine (C=N–C) groups is 1. The van der Waals surface area contributed by atoms with Crippen molar-refractivity contribution in [1.82, 2.24) is 10.2 Å². The Hall–Kier alpha value is -1.04. The van der Waals surface area contributed by atoms with Crippen molar-refractivity contribution in [1.29, 1.82) is 0 Å². The van der Waals surface area contributed by atoms with E-state index in [4.69, 9.17) is 0 Å². The molecule has 2 atom stereocenters. The Morgan fingerprint density at radius 2 is 2.22 bits per heavy atom. The lowest BCUT2D eigenvalue weighted by molar-refractivity contribution is 0.321. The lowest BCUT2D eigenvalue weighted by atomic mass is 9.87. The second kappa shape index (κ2) is 7.24. The summed E-state index contributed by atoms with van der Waals surface area (Å²) >= 11 is 0. The fourth-order valence-electron chi connectivity index (χ4n) is 3.24. The normalized spacial score (nSPS) is 30.7. The van der Waals surface area contributed by atoms with Crippen molar-refractivity contribution >= 4 is 15.8 Å². The van der Waals surface area contributed by atoms with Crippen LogP contribution in [-0.4, -0.2) is 57.0 Å². The predicted octanol–water partition coefficient (Wildman–Crippen LogP) is 2.06. The van der Waals surface area contributed by atoms with E-state index in [1.807, 2.05) is 6.92 Å². The van der Waals surface area contributed by atoms with E-state index in [1.54, 1.807) is 0 Å². The Bertz CT molecular complexity index is 570. The zero-order valence-electron chi connectivity index (χ0n) is 14.8. The van der Waals surface area contributed by atoms with Crippen molar-refractivity contribution in [2.24, 2.45) is 16.3 Å². The second-order valence-corrected chi connectivity index (χ2v) is 9.81. The molecule has 23 heavy (non-hydrogen) atoms. The number of nitrogens with zero attached hydrogens (tertiary/aromatic N) is 2. The minimum absolute atomic E-state index is 0.204. The number of rotatable bonds is 5. The van der Waals surface area contributed by atoms with Crippen LogP contribution in [0.25, 0.3) is 0 Å². The summed E-state index contributed by atoms with van der Waals surface area (Å²) in [5, 5.41) is 3.43. The molecule has 6 heteroatoms. The Balaban J connectivity index is 1.98. The van der Waals surface area contributed by atoms with E-state index in [1.165, 1.54) is 6.42 Å². The molecule has 2 aliphatic heterocycles. The minimum atomic E-state index is -2.82. The molecule has 0 bridgehead atoms. The van der Waals surface area contributed by atoms with Gasteiger partial charge >= 0.3 is 0 Å². The summed E-state index contributed by atoms with van der Waals surface area (Å²) in [5.74, 6) is 1.75. The average molecular weight is 342 g/mol. The highest BCUT2D eigenvalue weighted by Crippen LogP contribution is 2.33. The molecule has 2 unspecified atom stereocenters. The number of nitrogens with one attached hydrogen (secondary N) is 1. The fraction of sp³-hybridized carbons (Fsp3) is 0.824. The van der Waals surface area contributed by atoms with Gasteiger partial charge in [0.05, 0.1) is 18.1 Å². The Kier molecular flexibility index (Phi) is 5.76. The molecule has 2 aliphatic rings. The monoisotopic (exact) mass is 341 g/mol. The predicted molar refractivity (Wildman–Crippen MR) is 96.5 cm³/mol. The van der Waals surface area contributed by atoms with Crippen molar-refractivity contribution in [2.45, 2.75) is 40.0 Å². The molecule has 5 nitrogen and oxygen atoms in total.